The van der Waals surface area contributed by atoms with Crippen molar-refractivity contribution in [2.24, 2.45) is 0 Å². The van der Waals surface area contributed by atoms with Crippen LogP contribution >= 0.6 is 0 Å². The fraction of sp³-hybridized carbons (Fsp3) is 0.583. The molecule has 0 radical (unpaired) electrons. The first-order valence-electron chi connectivity index (χ1n) is 6.12. The van der Waals surface area contributed by atoms with Gasteiger partial charge in [0, 0.05) is 19.2 Å². The second kappa shape index (κ2) is 6.78. The zero-order valence-electron chi connectivity index (χ0n) is 11.0. The molecular formula is C12H19N3O3. The molecule has 0 spiro atoms. The number of nitrogens with zero attached hydrogens (tertiary/aromatic N) is 2. The summed E-state index contributed by atoms with van der Waals surface area (Å²) in [4.78, 5) is 25.1. The lowest BCUT2D eigenvalue weighted by molar-refractivity contribution is -0.143. The summed E-state index contributed by atoms with van der Waals surface area (Å²) >= 11 is 0. The molecule has 1 N–H and O–H groups in total. The molecule has 0 aliphatic rings. The number of hydrogen-bond acceptors (Lipinski definition) is 4. The summed E-state index contributed by atoms with van der Waals surface area (Å²) in [6.45, 7) is 6.71. The predicted octanol–water partition coefficient (Wildman–Crippen LogP) is 1.57. The van der Waals surface area contributed by atoms with E-state index in [1.165, 1.54) is 4.90 Å². The molecule has 0 atom stereocenters. The van der Waals surface area contributed by atoms with Gasteiger partial charge in [0.15, 0.2) is 5.82 Å². The largest absolute Gasteiger partial charge is 0.360 e. The molecule has 6 heteroatoms. The minimum atomic E-state index is -0.679. The van der Waals surface area contributed by atoms with Gasteiger partial charge in [0.25, 0.3) is 0 Å². The Hall–Kier alpha value is -1.85. The lowest BCUT2D eigenvalue weighted by Crippen LogP contribution is -2.40. The average Bonchev–Trinajstić information content (AvgIpc) is 2.75. The Morgan fingerprint density at radius 2 is 2.17 bits per heavy atom. The van der Waals surface area contributed by atoms with E-state index in [0.717, 1.165) is 12.8 Å². The van der Waals surface area contributed by atoms with Crippen LogP contribution in [0.15, 0.2) is 10.6 Å². The van der Waals surface area contributed by atoms with E-state index in [-0.39, 0.29) is 5.82 Å². The Kier molecular flexibility index (Phi) is 5.35. The van der Waals surface area contributed by atoms with Gasteiger partial charge in [0.05, 0.1) is 0 Å². The second-order valence-electron chi connectivity index (χ2n) is 4.02. The minimum absolute atomic E-state index is 0.261. The highest BCUT2D eigenvalue weighted by Crippen LogP contribution is 2.07. The van der Waals surface area contributed by atoms with Gasteiger partial charge < -0.3 is 9.42 Å². The van der Waals surface area contributed by atoms with Crippen molar-refractivity contribution >= 4 is 17.6 Å². The molecule has 0 aromatic carbocycles. The maximum atomic E-state index is 11.8. The fourth-order valence-corrected chi connectivity index (χ4v) is 1.49. The van der Waals surface area contributed by atoms with E-state index >= 15 is 0 Å². The Labute approximate surface area is 106 Å². The van der Waals surface area contributed by atoms with Gasteiger partial charge in [-0.15, -0.1) is 0 Å². The zero-order valence-corrected chi connectivity index (χ0v) is 11.0. The summed E-state index contributed by atoms with van der Waals surface area (Å²) in [6, 6.07) is 1.56. The van der Waals surface area contributed by atoms with Crippen LogP contribution in [0.3, 0.4) is 0 Å². The van der Waals surface area contributed by atoms with Crippen molar-refractivity contribution in [3.8, 4) is 0 Å². The van der Waals surface area contributed by atoms with Gasteiger partial charge in [-0.2, -0.15) is 0 Å². The van der Waals surface area contributed by atoms with E-state index in [4.69, 9.17) is 4.52 Å². The van der Waals surface area contributed by atoms with Crippen LogP contribution in [-0.4, -0.2) is 35.0 Å². The summed E-state index contributed by atoms with van der Waals surface area (Å²) in [6.07, 6.45) is 1.86. The van der Waals surface area contributed by atoms with Gasteiger partial charge >= 0.3 is 11.8 Å². The van der Waals surface area contributed by atoms with E-state index in [1.807, 2.05) is 13.8 Å². The third-order valence-corrected chi connectivity index (χ3v) is 2.51. The maximum Gasteiger partial charge on any atom is 0.315 e. The lowest BCUT2D eigenvalue weighted by atomic mass is 10.3. The number of anilines is 1. The van der Waals surface area contributed by atoms with Crippen LogP contribution in [0.2, 0.25) is 0 Å². The number of nitrogens with one attached hydrogen (secondary N) is 1. The van der Waals surface area contributed by atoms with Gasteiger partial charge in [-0.05, 0) is 20.3 Å². The van der Waals surface area contributed by atoms with E-state index in [1.54, 1.807) is 13.0 Å². The van der Waals surface area contributed by atoms with Gasteiger partial charge in [-0.3, -0.25) is 14.9 Å². The molecule has 1 aromatic rings. The molecule has 0 saturated heterocycles. The number of aryl methyl sites for hydroxylation is 1. The quantitative estimate of drug-likeness (QED) is 0.808. The molecule has 0 aliphatic heterocycles. The Bertz CT molecular complexity index is 414. The molecule has 0 bridgehead atoms. The first-order valence-corrected chi connectivity index (χ1v) is 6.12. The first-order chi connectivity index (χ1) is 8.58. The number of carbonyl (C=O) groups is 2. The smallest absolute Gasteiger partial charge is 0.315 e. The molecule has 0 aliphatic carbocycles. The molecule has 2 amide bonds. The highest BCUT2D eigenvalue weighted by molar-refractivity contribution is 6.39. The third kappa shape index (κ3) is 3.87. The Morgan fingerprint density at radius 1 is 1.44 bits per heavy atom. The standard InChI is InChI=1S/C12H19N3O3/c1-4-6-7-15(5-2)12(17)11(16)13-10-8-9(3)18-14-10/h8H,4-7H2,1-3H3,(H,13,14,16). The van der Waals surface area contributed by atoms with Crippen LogP contribution in [0.4, 0.5) is 5.82 Å². The molecule has 6 nitrogen and oxygen atoms in total. The molecule has 0 saturated carbocycles. The summed E-state index contributed by atoms with van der Waals surface area (Å²) in [5.41, 5.74) is 0. The maximum absolute atomic E-state index is 11.8. The number of rotatable bonds is 5. The number of unbranched alkanes of at least 4 members (excludes halogenated alkanes) is 1. The normalized spacial score (nSPS) is 10.2. The van der Waals surface area contributed by atoms with E-state index in [9.17, 15) is 9.59 Å². The van der Waals surface area contributed by atoms with Crippen molar-refractivity contribution in [2.75, 3.05) is 18.4 Å². The van der Waals surface area contributed by atoms with Crippen molar-refractivity contribution in [3.63, 3.8) is 0 Å². The molecule has 1 heterocycles. The summed E-state index contributed by atoms with van der Waals surface area (Å²) in [5, 5.41) is 6.03. The summed E-state index contributed by atoms with van der Waals surface area (Å²) in [5.74, 6) is -0.374. The summed E-state index contributed by atoms with van der Waals surface area (Å²) in [7, 11) is 0. The van der Waals surface area contributed by atoms with Crippen LogP contribution in [0.5, 0.6) is 0 Å². The Morgan fingerprint density at radius 3 is 2.67 bits per heavy atom. The second-order valence-corrected chi connectivity index (χ2v) is 4.02. The molecular weight excluding hydrogens is 234 g/mol. The number of carbonyl (C=O) groups excluding carboxylic acids is 2. The topological polar surface area (TPSA) is 75.4 Å². The number of likely N-dealkylation sites (N-methyl/N-ethyl adjacent to an activating group) is 1. The highest BCUT2D eigenvalue weighted by Gasteiger charge is 2.21. The SMILES string of the molecule is CCCCN(CC)C(=O)C(=O)Nc1cc(C)on1. The minimum Gasteiger partial charge on any atom is -0.360 e. The van der Waals surface area contributed by atoms with Crippen molar-refractivity contribution < 1.29 is 14.1 Å². The fourth-order valence-electron chi connectivity index (χ4n) is 1.49. The predicted molar refractivity (Wildman–Crippen MR) is 67.0 cm³/mol. The van der Waals surface area contributed by atoms with Crippen LogP contribution in [0, 0.1) is 6.92 Å². The number of amides is 2. The molecule has 18 heavy (non-hydrogen) atoms. The highest BCUT2D eigenvalue weighted by atomic mass is 16.5. The number of aromatic nitrogens is 1. The van der Waals surface area contributed by atoms with Crippen LogP contribution in [-0.2, 0) is 9.59 Å². The molecule has 1 rings (SSSR count). The van der Waals surface area contributed by atoms with Crippen molar-refractivity contribution in [2.45, 2.75) is 33.6 Å². The number of hydrogen-bond donors (Lipinski definition) is 1. The van der Waals surface area contributed by atoms with E-state index in [2.05, 4.69) is 10.5 Å². The van der Waals surface area contributed by atoms with Gasteiger partial charge in [0.1, 0.15) is 5.76 Å². The summed E-state index contributed by atoms with van der Waals surface area (Å²) < 4.78 is 4.81. The van der Waals surface area contributed by atoms with Crippen LogP contribution < -0.4 is 5.32 Å². The molecule has 0 unspecified atom stereocenters. The Balaban J connectivity index is 2.56. The zero-order chi connectivity index (χ0) is 13.5. The van der Waals surface area contributed by atoms with Gasteiger partial charge in [-0.25, -0.2) is 0 Å². The lowest BCUT2D eigenvalue weighted by Gasteiger charge is -2.19. The van der Waals surface area contributed by atoms with Crippen molar-refractivity contribution in [3.05, 3.63) is 11.8 Å². The van der Waals surface area contributed by atoms with Crippen molar-refractivity contribution in [1.82, 2.24) is 10.1 Å². The monoisotopic (exact) mass is 253 g/mol. The first kappa shape index (κ1) is 14.2. The van der Waals surface area contributed by atoms with Crippen molar-refractivity contribution in [1.29, 1.82) is 0 Å². The van der Waals surface area contributed by atoms with Crippen LogP contribution in [0.25, 0.3) is 0 Å². The molecule has 0 fully saturated rings. The van der Waals surface area contributed by atoms with Gasteiger partial charge in [0.2, 0.25) is 0 Å². The average molecular weight is 253 g/mol. The van der Waals surface area contributed by atoms with Gasteiger partial charge in [-0.1, -0.05) is 18.5 Å². The van der Waals surface area contributed by atoms with Crippen LogP contribution in [0.1, 0.15) is 32.4 Å². The van der Waals surface area contributed by atoms with E-state index < -0.39 is 11.8 Å². The third-order valence-electron chi connectivity index (χ3n) is 2.51. The van der Waals surface area contributed by atoms with E-state index in [0.29, 0.717) is 18.8 Å². The molecule has 1 aromatic heterocycles. The molecule has 100 valence electrons.